The first-order valence-corrected chi connectivity index (χ1v) is 10.4. The lowest BCUT2D eigenvalue weighted by Gasteiger charge is -2.20. The molecule has 7 nitrogen and oxygen atoms in total. The van der Waals surface area contributed by atoms with Crippen LogP contribution in [0.25, 0.3) is 10.9 Å². The number of terminal acetylenes is 1. The van der Waals surface area contributed by atoms with Gasteiger partial charge in [0.25, 0.3) is 0 Å². The van der Waals surface area contributed by atoms with E-state index in [0.29, 0.717) is 43.7 Å². The summed E-state index contributed by atoms with van der Waals surface area (Å²) < 4.78 is 23.4. The van der Waals surface area contributed by atoms with Crippen molar-refractivity contribution in [3.05, 3.63) is 48.3 Å². The lowest BCUT2D eigenvalue weighted by atomic mass is 10.1. The van der Waals surface area contributed by atoms with Gasteiger partial charge < -0.3 is 24.3 Å². The fourth-order valence-electron chi connectivity index (χ4n) is 3.74. The summed E-state index contributed by atoms with van der Waals surface area (Å²) in [6.45, 7) is 2.55. The molecule has 0 radical (unpaired) electrons. The van der Waals surface area contributed by atoms with Crippen molar-refractivity contribution >= 4 is 22.4 Å². The summed E-state index contributed by atoms with van der Waals surface area (Å²) in [6.07, 6.45) is 8.76. The number of rotatable bonds is 6. The van der Waals surface area contributed by atoms with E-state index >= 15 is 0 Å². The molecule has 0 aliphatic carbocycles. The molecule has 7 heteroatoms. The molecule has 2 aliphatic heterocycles. The Kier molecular flexibility index (Phi) is 5.57. The lowest BCUT2D eigenvalue weighted by Crippen LogP contribution is -2.19. The summed E-state index contributed by atoms with van der Waals surface area (Å²) in [5.41, 5.74) is 2.41. The average Bonchev–Trinajstić information content (AvgIpc) is 3.49. The molecule has 31 heavy (non-hydrogen) atoms. The smallest absolute Gasteiger partial charge is 0.163 e. The monoisotopic (exact) mass is 417 g/mol. The van der Waals surface area contributed by atoms with Crippen LogP contribution in [0.4, 0.5) is 11.5 Å². The molecule has 1 N–H and O–H groups in total. The second-order valence-corrected chi connectivity index (χ2v) is 7.60. The SMILES string of the molecule is C#Cc1cccc(Nc2ncnc3cc(O[C@@H]4CCOC4)c(OC4CCOC4)cc23)c1. The molecule has 2 atom stereocenters. The van der Waals surface area contributed by atoms with Gasteiger partial charge >= 0.3 is 0 Å². The van der Waals surface area contributed by atoms with E-state index in [1.807, 2.05) is 36.4 Å². The highest BCUT2D eigenvalue weighted by Gasteiger charge is 2.24. The van der Waals surface area contributed by atoms with Crippen LogP contribution in [0.3, 0.4) is 0 Å². The number of nitrogens with zero attached hydrogens (tertiary/aromatic N) is 2. The van der Waals surface area contributed by atoms with Crippen molar-refractivity contribution < 1.29 is 18.9 Å². The van der Waals surface area contributed by atoms with Crippen LogP contribution in [-0.2, 0) is 9.47 Å². The van der Waals surface area contributed by atoms with Crippen LogP contribution in [-0.4, -0.2) is 48.6 Å². The molecule has 0 amide bonds. The van der Waals surface area contributed by atoms with E-state index < -0.39 is 0 Å². The Labute approximate surface area is 180 Å². The number of anilines is 2. The van der Waals surface area contributed by atoms with Crippen LogP contribution in [0.1, 0.15) is 18.4 Å². The molecule has 2 saturated heterocycles. The summed E-state index contributed by atoms with van der Waals surface area (Å²) in [4.78, 5) is 8.90. The van der Waals surface area contributed by atoms with Gasteiger partial charge in [-0.2, -0.15) is 0 Å². The van der Waals surface area contributed by atoms with Crippen molar-refractivity contribution in [3.63, 3.8) is 0 Å². The summed E-state index contributed by atoms with van der Waals surface area (Å²) in [6, 6.07) is 11.5. The molecule has 2 aromatic carbocycles. The highest BCUT2D eigenvalue weighted by atomic mass is 16.6. The van der Waals surface area contributed by atoms with Gasteiger partial charge in [0.15, 0.2) is 11.5 Å². The van der Waals surface area contributed by atoms with Gasteiger partial charge in [-0.05, 0) is 24.3 Å². The molecule has 5 rings (SSSR count). The van der Waals surface area contributed by atoms with E-state index in [1.54, 1.807) is 0 Å². The van der Waals surface area contributed by atoms with Gasteiger partial charge in [-0.15, -0.1) is 6.42 Å². The predicted octanol–water partition coefficient (Wildman–Crippen LogP) is 3.69. The Morgan fingerprint density at radius 1 is 0.968 bits per heavy atom. The van der Waals surface area contributed by atoms with E-state index in [0.717, 1.165) is 35.0 Å². The van der Waals surface area contributed by atoms with E-state index in [9.17, 15) is 0 Å². The van der Waals surface area contributed by atoms with Crippen LogP contribution < -0.4 is 14.8 Å². The Morgan fingerprint density at radius 3 is 2.39 bits per heavy atom. The number of nitrogens with one attached hydrogen (secondary N) is 1. The van der Waals surface area contributed by atoms with Gasteiger partial charge in [0.05, 0.1) is 31.9 Å². The Balaban J connectivity index is 1.52. The summed E-state index contributed by atoms with van der Waals surface area (Å²) in [5.74, 6) is 4.64. The molecule has 3 aromatic rings. The number of ether oxygens (including phenoxy) is 4. The van der Waals surface area contributed by atoms with E-state index in [2.05, 4.69) is 21.2 Å². The Bertz CT molecular complexity index is 1120. The van der Waals surface area contributed by atoms with Crippen molar-refractivity contribution in [3.8, 4) is 23.8 Å². The zero-order chi connectivity index (χ0) is 21.0. The molecule has 0 saturated carbocycles. The molecule has 1 unspecified atom stereocenters. The second-order valence-electron chi connectivity index (χ2n) is 7.60. The van der Waals surface area contributed by atoms with Gasteiger partial charge in [0.2, 0.25) is 0 Å². The normalized spacial score (nSPS) is 20.5. The fourth-order valence-corrected chi connectivity index (χ4v) is 3.74. The quantitative estimate of drug-likeness (QED) is 0.613. The Morgan fingerprint density at radius 2 is 1.71 bits per heavy atom. The van der Waals surface area contributed by atoms with Crippen LogP contribution in [0.15, 0.2) is 42.7 Å². The van der Waals surface area contributed by atoms with Crippen molar-refractivity contribution in [1.82, 2.24) is 9.97 Å². The average molecular weight is 417 g/mol. The van der Waals surface area contributed by atoms with Crippen molar-refractivity contribution in [1.29, 1.82) is 0 Å². The van der Waals surface area contributed by atoms with E-state index in [-0.39, 0.29) is 12.2 Å². The van der Waals surface area contributed by atoms with Gasteiger partial charge in [-0.25, -0.2) is 9.97 Å². The highest BCUT2D eigenvalue weighted by molar-refractivity contribution is 5.93. The van der Waals surface area contributed by atoms with Crippen molar-refractivity contribution in [2.24, 2.45) is 0 Å². The highest BCUT2D eigenvalue weighted by Crippen LogP contribution is 2.37. The summed E-state index contributed by atoms with van der Waals surface area (Å²) in [7, 11) is 0. The number of aromatic nitrogens is 2. The molecule has 0 spiro atoms. The van der Waals surface area contributed by atoms with Crippen LogP contribution >= 0.6 is 0 Å². The predicted molar refractivity (Wildman–Crippen MR) is 117 cm³/mol. The summed E-state index contributed by atoms with van der Waals surface area (Å²) >= 11 is 0. The molecule has 0 bridgehead atoms. The third kappa shape index (κ3) is 4.41. The van der Waals surface area contributed by atoms with Crippen molar-refractivity contribution in [2.45, 2.75) is 25.0 Å². The van der Waals surface area contributed by atoms with Gasteiger partial charge in [-0.1, -0.05) is 12.0 Å². The lowest BCUT2D eigenvalue weighted by molar-refractivity contribution is 0.123. The standard InChI is InChI=1S/C24H23N3O4/c1-2-16-4-3-5-17(10-16)27-24-20-11-22(30-18-6-8-28-13-18)23(12-21(20)25-15-26-24)31-19-7-9-29-14-19/h1,3-5,10-12,15,18-19H,6-9,13-14H2,(H,25,26,27)/t18?,19-/m1/s1. The minimum Gasteiger partial charge on any atom is -0.484 e. The van der Waals surface area contributed by atoms with E-state index in [4.69, 9.17) is 25.4 Å². The van der Waals surface area contributed by atoms with Gasteiger partial charge in [0, 0.05) is 35.5 Å². The number of fused-ring (bicyclic) bond motifs is 1. The molecule has 3 heterocycles. The number of hydrogen-bond acceptors (Lipinski definition) is 7. The maximum absolute atomic E-state index is 6.27. The first-order chi connectivity index (χ1) is 15.3. The fraction of sp³-hybridized carbons (Fsp3) is 0.333. The van der Waals surface area contributed by atoms with Gasteiger partial charge in [0.1, 0.15) is 24.4 Å². The molecular formula is C24H23N3O4. The third-order valence-corrected chi connectivity index (χ3v) is 5.36. The zero-order valence-electron chi connectivity index (χ0n) is 17.0. The minimum atomic E-state index is -0.00650. The first kappa shape index (κ1) is 19.6. The topological polar surface area (TPSA) is 74.7 Å². The van der Waals surface area contributed by atoms with E-state index in [1.165, 1.54) is 6.33 Å². The number of hydrogen-bond donors (Lipinski definition) is 1. The second kappa shape index (κ2) is 8.80. The van der Waals surface area contributed by atoms with Crippen LogP contribution in [0.5, 0.6) is 11.5 Å². The molecule has 2 aliphatic rings. The maximum atomic E-state index is 6.27. The largest absolute Gasteiger partial charge is 0.484 e. The molecule has 2 fully saturated rings. The number of benzene rings is 2. The van der Waals surface area contributed by atoms with Crippen LogP contribution in [0.2, 0.25) is 0 Å². The zero-order valence-corrected chi connectivity index (χ0v) is 17.0. The minimum absolute atomic E-state index is 0.00515. The molecular weight excluding hydrogens is 394 g/mol. The third-order valence-electron chi connectivity index (χ3n) is 5.36. The molecule has 158 valence electrons. The van der Waals surface area contributed by atoms with Crippen molar-refractivity contribution in [2.75, 3.05) is 31.7 Å². The van der Waals surface area contributed by atoms with Crippen LogP contribution in [0, 0.1) is 12.3 Å². The Hall–Kier alpha value is -3.34. The maximum Gasteiger partial charge on any atom is 0.163 e. The van der Waals surface area contributed by atoms with Gasteiger partial charge in [-0.3, -0.25) is 0 Å². The molecule has 1 aromatic heterocycles. The first-order valence-electron chi connectivity index (χ1n) is 10.4. The summed E-state index contributed by atoms with van der Waals surface area (Å²) in [5, 5.41) is 4.18.